The molecule has 2 aliphatic rings. The monoisotopic (exact) mass is 464 g/mol. The fourth-order valence-electron chi connectivity index (χ4n) is 4.59. The third-order valence-electron chi connectivity index (χ3n) is 7.48. The van der Waals surface area contributed by atoms with Crippen molar-refractivity contribution in [1.29, 1.82) is 0 Å². The summed E-state index contributed by atoms with van der Waals surface area (Å²) in [5.41, 5.74) is 1.02. The van der Waals surface area contributed by atoms with E-state index in [4.69, 9.17) is 4.43 Å². The van der Waals surface area contributed by atoms with Crippen molar-refractivity contribution in [2.45, 2.75) is 83.8 Å². The molecule has 0 radical (unpaired) electrons. The Labute approximate surface area is 189 Å². The van der Waals surface area contributed by atoms with Gasteiger partial charge in [-0.05, 0) is 49.9 Å². The molecule has 0 bridgehead atoms. The number of fused-ring (bicyclic) bond motifs is 1. The fraction of sp³-hybridized carbons (Fsp3) is 0.625. The molecule has 0 amide bonds. The van der Waals surface area contributed by atoms with Gasteiger partial charge in [-0.25, -0.2) is 8.78 Å². The average molecular weight is 465 g/mol. The highest BCUT2D eigenvalue weighted by molar-refractivity contribution is 6.74. The van der Waals surface area contributed by atoms with Crippen LogP contribution in [0.5, 0.6) is 0 Å². The van der Waals surface area contributed by atoms with Crippen molar-refractivity contribution < 1.29 is 18.3 Å². The molecular formula is C24H34F2N2O3Si. The SMILES string of the molecule is Cc1c(N2CCC(O[Si](C)(C)C(C)(C)C)C2)c(F)c(F)c2c(CO)cc(=O)n(C3CC3)c12. The third-order valence-corrected chi connectivity index (χ3v) is 12.0. The molecule has 2 fully saturated rings. The molecule has 1 unspecified atom stereocenters. The van der Waals surface area contributed by atoms with Crippen molar-refractivity contribution in [3.63, 3.8) is 0 Å². The Morgan fingerprint density at radius 1 is 1.19 bits per heavy atom. The van der Waals surface area contributed by atoms with E-state index in [1.807, 2.05) is 4.90 Å². The molecule has 1 aromatic carbocycles. The summed E-state index contributed by atoms with van der Waals surface area (Å²) in [6.07, 6.45) is 2.39. The standard InChI is InChI=1S/C24H34F2N2O3Si/c1-14-22-19(15(13-29)11-18(30)28(22)16-7-8-16)20(25)21(26)23(14)27-10-9-17(12-27)31-32(5,6)24(2,3)4/h11,16-17,29H,7-10,12-13H2,1-6H3. The number of hydrogen-bond acceptors (Lipinski definition) is 4. The Kier molecular flexibility index (Phi) is 5.79. The number of aromatic nitrogens is 1. The minimum atomic E-state index is -1.99. The smallest absolute Gasteiger partial charge is 0.251 e. The van der Waals surface area contributed by atoms with Gasteiger partial charge in [0.05, 0.1) is 23.9 Å². The molecule has 0 spiro atoms. The van der Waals surface area contributed by atoms with E-state index < -0.39 is 26.6 Å². The summed E-state index contributed by atoms with van der Waals surface area (Å²) in [6.45, 7) is 13.2. The molecule has 1 aliphatic carbocycles. The van der Waals surface area contributed by atoms with Crippen LogP contribution in [0.4, 0.5) is 14.5 Å². The van der Waals surface area contributed by atoms with E-state index in [9.17, 15) is 9.90 Å². The molecular weight excluding hydrogens is 430 g/mol. The van der Waals surface area contributed by atoms with Crippen molar-refractivity contribution in [3.05, 3.63) is 39.2 Å². The van der Waals surface area contributed by atoms with Crippen molar-refractivity contribution >= 4 is 24.9 Å². The van der Waals surface area contributed by atoms with Gasteiger partial charge in [0.1, 0.15) is 0 Å². The van der Waals surface area contributed by atoms with Crippen molar-refractivity contribution in [1.82, 2.24) is 4.57 Å². The first-order valence-electron chi connectivity index (χ1n) is 11.5. The Morgan fingerprint density at radius 2 is 1.84 bits per heavy atom. The Hall–Kier alpha value is -1.77. The van der Waals surface area contributed by atoms with Crippen LogP contribution in [0.15, 0.2) is 10.9 Å². The number of hydrogen-bond donors (Lipinski definition) is 1. The average Bonchev–Trinajstić information content (AvgIpc) is 3.43. The first-order valence-corrected chi connectivity index (χ1v) is 14.4. The molecule has 1 saturated carbocycles. The highest BCUT2D eigenvalue weighted by Crippen LogP contribution is 2.43. The topological polar surface area (TPSA) is 54.7 Å². The predicted octanol–water partition coefficient (Wildman–Crippen LogP) is 5.02. The molecule has 2 aromatic rings. The number of aryl methyl sites for hydroxylation is 1. The molecule has 176 valence electrons. The Morgan fingerprint density at radius 3 is 2.41 bits per heavy atom. The van der Waals surface area contributed by atoms with Gasteiger partial charge in [-0.2, -0.15) is 0 Å². The van der Waals surface area contributed by atoms with Gasteiger partial charge in [0.2, 0.25) is 0 Å². The lowest BCUT2D eigenvalue weighted by molar-refractivity contribution is 0.202. The maximum atomic E-state index is 15.4. The summed E-state index contributed by atoms with van der Waals surface area (Å²) in [5, 5.41) is 9.83. The van der Waals surface area contributed by atoms with Gasteiger partial charge in [0, 0.05) is 36.1 Å². The highest BCUT2D eigenvalue weighted by atomic mass is 28.4. The summed E-state index contributed by atoms with van der Waals surface area (Å²) in [7, 11) is -1.99. The fourth-order valence-corrected chi connectivity index (χ4v) is 5.97. The number of benzene rings is 1. The zero-order chi connectivity index (χ0) is 23.6. The predicted molar refractivity (Wildman–Crippen MR) is 126 cm³/mol. The van der Waals surface area contributed by atoms with Crippen molar-refractivity contribution in [2.24, 2.45) is 0 Å². The molecule has 1 aromatic heterocycles. The van der Waals surface area contributed by atoms with Crippen LogP contribution in [-0.4, -0.2) is 37.2 Å². The molecule has 1 atom stereocenters. The van der Waals surface area contributed by atoms with E-state index in [0.29, 0.717) is 24.2 Å². The summed E-state index contributed by atoms with van der Waals surface area (Å²) in [5.74, 6) is -1.91. The Balaban J connectivity index is 1.79. The van der Waals surface area contributed by atoms with Crippen LogP contribution >= 0.6 is 0 Å². The van der Waals surface area contributed by atoms with Gasteiger partial charge in [-0.3, -0.25) is 4.79 Å². The van der Waals surface area contributed by atoms with Gasteiger partial charge < -0.3 is 19.0 Å². The lowest BCUT2D eigenvalue weighted by Gasteiger charge is -2.38. The number of rotatable bonds is 5. The Bertz CT molecular complexity index is 1120. The van der Waals surface area contributed by atoms with Crippen LogP contribution in [0.25, 0.3) is 10.9 Å². The zero-order valence-corrected chi connectivity index (χ0v) is 20.9. The molecule has 1 N–H and O–H groups in total. The maximum absolute atomic E-state index is 15.4. The summed E-state index contributed by atoms with van der Waals surface area (Å²) in [6, 6.07) is 1.24. The molecule has 8 heteroatoms. The van der Waals surface area contributed by atoms with E-state index in [-0.39, 0.29) is 39.4 Å². The summed E-state index contributed by atoms with van der Waals surface area (Å²) < 4.78 is 39.0. The van der Waals surface area contributed by atoms with Gasteiger partial charge in [-0.1, -0.05) is 20.8 Å². The van der Waals surface area contributed by atoms with Gasteiger partial charge in [-0.15, -0.1) is 0 Å². The molecule has 4 rings (SSSR count). The lowest BCUT2D eigenvalue weighted by atomic mass is 10.0. The minimum absolute atomic E-state index is 0.00222. The minimum Gasteiger partial charge on any atom is -0.412 e. The summed E-state index contributed by atoms with van der Waals surface area (Å²) >= 11 is 0. The van der Waals surface area contributed by atoms with Crippen LogP contribution in [0.1, 0.15) is 57.2 Å². The molecule has 32 heavy (non-hydrogen) atoms. The van der Waals surface area contributed by atoms with Crippen LogP contribution in [-0.2, 0) is 11.0 Å². The third kappa shape index (κ3) is 3.80. The number of nitrogens with zero attached hydrogens (tertiary/aromatic N) is 2. The van der Waals surface area contributed by atoms with Gasteiger partial charge in [0.25, 0.3) is 5.56 Å². The van der Waals surface area contributed by atoms with E-state index in [1.165, 1.54) is 6.07 Å². The number of pyridine rings is 1. The van der Waals surface area contributed by atoms with Crippen LogP contribution in [0.2, 0.25) is 18.1 Å². The van der Waals surface area contributed by atoms with Gasteiger partial charge >= 0.3 is 0 Å². The second-order valence-corrected chi connectivity index (χ2v) is 15.6. The highest BCUT2D eigenvalue weighted by Gasteiger charge is 2.41. The lowest BCUT2D eigenvalue weighted by Crippen LogP contribution is -2.44. The van der Waals surface area contributed by atoms with Crippen molar-refractivity contribution in [2.75, 3.05) is 18.0 Å². The number of anilines is 1. The second-order valence-electron chi connectivity index (χ2n) is 10.8. The van der Waals surface area contributed by atoms with Crippen LogP contribution in [0.3, 0.4) is 0 Å². The van der Waals surface area contributed by atoms with Gasteiger partial charge in [0.15, 0.2) is 20.0 Å². The van der Waals surface area contributed by atoms with Crippen molar-refractivity contribution in [3.8, 4) is 0 Å². The van der Waals surface area contributed by atoms with Crippen LogP contribution in [0, 0.1) is 18.6 Å². The zero-order valence-electron chi connectivity index (χ0n) is 19.9. The number of aliphatic hydroxyl groups is 1. The normalized spacial score (nSPS) is 19.9. The molecule has 2 heterocycles. The number of halogens is 2. The van der Waals surface area contributed by atoms with Crippen LogP contribution < -0.4 is 10.5 Å². The quantitative estimate of drug-likeness (QED) is 0.632. The van der Waals surface area contributed by atoms with E-state index in [2.05, 4.69) is 33.9 Å². The first kappa shape index (κ1) is 23.4. The van der Waals surface area contributed by atoms with E-state index >= 15 is 8.78 Å². The van der Waals surface area contributed by atoms with E-state index in [0.717, 1.165) is 19.3 Å². The summed E-state index contributed by atoms with van der Waals surface area (Å²) in [4.78, 5) is 14.6. The molecule has 5 nitrogen and oxygen atoms in total. The first-order chi connectivity index (χ1) is 14.9. The van der Waals surface area contributed by atoms with E-state index in [1.54, 1.807) is 11.5 Å². The maximum Gasteiger partial charge on any atom is 0.251 e. The molecule has 1 aliphatic heterocycles. The number of aliphatic hydroxyl groups excluding tert-OH is 1. The molecule has 1 saturated heterocycles. The second kappa shape index (κ2) is 7.92. The largest absolute Gasteiger partial charge is 0.412 e.